The Kier molecular flexibility index (Phi) is 4.53. The smallest absolute Gasteiger partial charge is 0.115 e. The van der Waals surface area contributed by atoms with Gasteiger partial charge >= 0.3 is 0 Å². The monoisotopic (exact) mass is 336 g/mol. The molecule has 2 nitrogen and oxygen atoms in total. The normalized spacial score (nSPS) is 11.0. The average Bonchev–Trinajstić information content (AvgIpc) is 2.40. The Bertz CT molecular complexity index is 579. The molecule has 0 fully saturated rings. The minimum atomic E-state index is 0.558. The molecule has 0 atom stereocenters. The van der Waals surface area contributed by atoms with Crippen LogP contribution in [0.1, 0.15) is 30.9 Å². The molecule has 2 N–H and O–H groups in total. The first kappa shape index (κ1) is 14.4. The molecule has 0 amide bonds. The van der Waals surface area contributed by atoms with Crippen LogP contribution in [-0.4, -0.2) is 4.98 Å². The van der Waals surface area contributed by atoms with E-state index < -0.39 is 0 Å². The SMILES string of the molecule is Cc1c(N)cnc(Sc2ccc(C(C)C)cc2)c1Br. The molecule has 0 spiro atoms. The van der Waals surface area contributed by atoms with Gasteiger partial charge < -0.3 is 5.73 Å². The van der Waals surface area contributed by atoms with Gasteiger partial charge in [0.05, 0.1) is 16.4 Å². The average molecular weight is 337 g/mol. The lowest BCUT2D eigenvalue weighted by Crippen LogP contribution is -1.94. The lowest BCUT2D eigenvalue weighted by molar-refractivity contribution is 0.865. The molecule has 100 valence electrons. The second kappa shape index (κ2) is 5.97. The van der Waals surface area contributed by atoms with Crippen molar-refractivity contribution in [2.45, 2.75) is 36.6 Å². The molecule has 2 rings (SSSR count). The van der Waals surface area contributed by atoms with Crippen LogP contribution in [0.25, 0.3) is 0 Å². The first-order valence-electron chi connectivity index (χ1n) is 6.17. The van der Waals surface area contributed by atoms with Crippen LogP contribution in [0.4, 0.5) is 5.69 Å². The van der Waals surface area contributed by atoms with Gasteiger partial charge in [0.1, 0.15) is 5.03 Å². The van der Waals surface area contributed by atoms with Gasteiger partial charge in [-0.05, 0) is 52.0 Å². The summed E-state index contributed by atoms with van der Waals surface area (Å²) in [5.74, 6) is 0.558. The summed E-state index contributed by atoms with van der Waals surface area (Å²) in [4.78, 5) is 5.56. The zero-order valence-electron chi connectivity index (χ0n) is 11.3. The number of nitrogens with two attached hydrogens (primary N) is 1. The molecule has 19 heavy (non-hydrogen) atoms. The van der Waals surface area contributed by atoms with Crippen LogP contribution in [0.2, 0.25) is 0 Å². The van der Waals surface area contributed by atoms with Crippen LogP contribution in [-0.2, 0) is 0 Å². The third-order valence-electron chi connectivity index (χ3n) is 3.03. The van der Waals surface area contributed by atoms with Gasteiger partial charge in [0.15, 0.2) is 0 Å². The van der Waals surface area contributed by atoms with Crippen molar-refractivity contribution in [3.63, 3.8) is 0 Å². The highest BCUT2D eigenvalue weighted by Gasteiger charge is 2.09. The van der Waals surface area contributed by atoms with Gasteiger partial charge in [-0.15, -0.1) is 0 Å². The second-order valence-corrected chi connectivity index (χ2v) is 6.64. The van der Waals surface area contributed by atoms with Crippen molar-refractivity contribution in [3.8, 4) is 0 Å². The highest BCUT2D eigenvalue weighted by Crippen LogP contribution is 2.35. The molecule has 0 aliphatic carbocycles. The molecule has 2 aromatic rings. The lowest BCUT2D eigenvalue weighted by atomic mass is 10.0. The Morgan fingerprint density at radius 2 is 1.84 bits per heavy atom. The van der Waals surface area contributed by atoms with E-state index in [9.17, 15) is 0 Å². The van der Waals surface area contributed by atoms with Crippen LogP contribution in [0.5, 0.6) is 0 Å². The molecule has 0 aliphatic heterocycles. The largest absolute Gasteiger partial charge is 0.397 e. The quantitative estimate of drug-likeness (QED) is 0.856. The van der Waals surface area contributed by atoms with E-state index in [0.717, 1.165) is 15.1 Å². The minimum Gasteiger partial charge on any atom is -0.397 e. The topological polar surface area (TPSA) is 38.9 Å². The van der Waals surface area contributed by atoms with Crippen LogP contribution in [0.3, 0.4) is 0 Å². The van der Waals surface area contributed by atoms with Crippen molar-refractivity contribution >= 4 is 33.4 Å². The summed E-state index contributed by atoms with van der Waals surface area (Å²) in [6, 6.07) is 8.62. The van der Waals surface area contributed by atoms with Crippen molar-refractivity contribution in [1.82, 2.24) is 4.98 Å². The van der Waals surface area contributed by atoms with Crippen molar-refractivity contribution in [2.75, 3.05) is 5.73 Å². The summed E-state index contributed by atoms with van der Waals surface area (Å²) in [6.45, 7) is 6.39. The summed E-state index contributed by atoms with van der Waals surface area (Å²) in [6.07, 6.45) is 1.71. The fourth-order valence-electron chi connectivity index (χ4n) is 1.67. The second-order valence-electron chi connectivity index (χ2n) is 4.78. The first-order valence-corrected chi connectivity index (χ1v) is 7.78. The van der Waals surface area contributed by atoms with Gasteiger partial charge in [-0.2, -0.15) is 0 Å². The predicted molar refractivity (Wildman–Crippen MR) is 85.7 cm³/mol. The summed E-state index contributed by atoms with van der Waals surface area (Å²) in [5, 5.41) is 0.948. The predicted octanol–water partition coefficient (Wildman–Crippen LogP) is 5.01. The van der Waals surface area contributed by atoms with E-state index >= 15 is 0 Å². The number of nitrogen functional groups attached to an aromatic ring is 1. The molecule has 0 saturated carbocycles. The van der Waals surface area contributed by atoms with E-state index in [1.807, 2.05) is 6.92 Å². The van der Waals surface area contributed by atoms with Crippen molar-refractivity contribution in [3.05, 3.63) is 46.1 Å². The molecule has 0 saturated heterocycles. The van der Waals surface area contributed by atoms with E-state index in [1.165, 1.54) is 10.5 Å². The Labute approximate surface area is 126 Å². The zero-order chi connectivity index (χ0) is 14.0. The maximum absolute atomic E-state index is 5.83. The number of halogens is 1. The maximum Gasteiger partial charge on any atom is 0.115 e. The Morgan fingerprint density at radius 1 is 1.21 bits per heavy atom. The Hall–Kier alpha value is -1.00. The molecule has 0 unspecified atom stereocenters. The first-order chi connectivity index (χ1) is 8.99. The summed E-state index contributed by atoms with van der Waals surface area (Å²) in [7, 11) is 0. The van der Waals surface area contributed by atoms with Crippen molar-refractivity contribution < 1.29 is 0 Å². The van der Waals surface area contributed by atoms with Crippen LogP contribution in [0, 0.1) is 6.92 Å². The number of nitrogens with zero attached hydrogens (tertiary/aromatic N) is 1. The third-order valence-corrected chi connectivity index (χ3v) is 5.28. The van der Waals surface area contributed by atoms with Gasteiger partial charge in [-0.25, -0.2) is 4.98 Å². The molecule has 1 heterocycles. The number of anilines is 1. The molecule has 0 bridgehead atoms. The third kappa shape index (κ3) is 3.31. The molecular weight excluding hydrogens is 320 g/mol. The molecular formula is C15H17BrN2S. The minimum absolute atomic E-state index is 0.558. The van der Waals surface area contributed by atoms with Gasteiger partial charge in [0.2, 0.25) is 0 Å². The summed E-state index contributed by atoms with van der Waals surface area (Å²) in [5.41, 5.74) is 8.94. The van der Waals surface area contributed by atoms with E-state index in [2.05, 4.69) is 59.0 Å². The molecule has 0 radical (unpaired) electrons. The van der Waals surface area contributed by atoms with Gasteiger partial charge in [0, 0.05) is 4.90 Å². The number of hydrogen-bond acceptors (Lipinski definition) is 3. The molecule has 4 heteroatoms. The summed E-state index contributed by atoms with van der Waals surface area (Å²) >= 11 is 5.21. The van der Waals surface area contributed by atoms with Crippen molar-refractivity contribution in [1.29, 1.82) is 0 Å². The number of pyridine rings is 1. The van der Waals surface area contributed by atoms with E-state index in [4.69, 9.17) is 5.73 Å². The summed E-state index contributed by atoms with van der Waals surface area (Å²) < 4.78 is 0.977. The number of benzene rings is 1. The molecule has 1 aromatic carbocycles. The highest BCUT2D eigenvalue weighted by molar-refractivity contribution is 9.10. The maximum atomic E-state index is 5.83. The number of hydrogen-bond donors (Lipinski definition) is 1. The Morgan fingerprint density at radius 3 is 2.42 bits per heavy atom. The van der Waals surface area contributed by atoms with E-state index in [0.29, 0.717) is 11.6 Å². The zero-order valence-corrected chi connectivity index (χ0v) is 13.7. The van der Waals surface area contributed by atoms with Crippen molar-refractivity contribution in [2.24, 2.45) is 0 Å². The molecule has 0 aliphatic rings. The number of aromatic nitrogens is 1. The van der Waals surface area contributed by atoms with E-state index in [1.54, 1.807) is 18.0 Å². The van der Waals surface area contributed by atoms with Crippen LogP contribution < -0.4 is 5.73 Å². The van der Waals surface area contributed by atoms with Crippen LogP contribution in [0.15, 0.2) is 44.9 Å². The van der Waals surface area contributed by atoms with Crippen LogP contribution >= 0.6 is 27.7 Å². The molecule has 1 aromatic heterocycles. The number of rotatable bonds is 3. The van der Waals surface area contributed by atoms with Gasteiger partial charge in [-0.1, -0.05) is 37.7 Å². The van der Waals surface area contributed by atoms with Gasteiger partial charge in [0.25, 0.3) is 0 Å². The van der Waals surface area contributed by atoms with E-state index in [-0.39, 0.29) is 0 Å². The fourth-order valence-corrected chi connectivity index (χ4v) is 3.09. The lowest BCUT2D eigenvalue weighted by Gasteiger charge is -2.09. The Balaban J connectivity index is 2.24. The standard InChI is InChI=1S/C15H17BrN2S/c1-9(2)11-4-6-12(7-5-11)19-15-14(16)10(3)13(17)8-18-15/h4-9H,17H2,1-3H3. The fraction of sp³-hybridized carbons (Fsp3) is 0.267. The highest BCUT2D eigenvalue weighted by atomic mass is 79.9. The van der Waals surface area contributed by atoms with Gasteiger partial charge in [-0.3, -0.25) is 0 Å².